The van der Waals surface area contributed by atoms with Crippen LogP contribution in [0.3, 0.4) is 0 Å². The summed E-state index contributed by atoms with van der Waals surface area (Å²) < 4.78 is 6.00. The molecule has 24 heavy (non-hydrogen) atoms. The van der Waals surface area contributed by atoms with Gasteiger partial charge in [-0.25, -0.2) is 0 Å². The second-order valence-electron chi connectivity index (χ2n) is 6.69. The summed E-state index contributed by atoms with van der Waals surface area (Å²) in [5.74, 6) is 0. The molecule has 0 N–H and O–H groups in total. The lowest BCUT2D eigenvalue weighted by molar-refractivity contribution is -0.0350. The maximum atomic E-state index is 6.00. The van der Waals surface area contributed by atoms with Gasteiger partial charge < -0.3 is 9.64 Å². The highest BCUT2D eigenvalue weighted by Gasteiger charge is 2.24. The van der Waals surface area contributed by atoms with Gasteiger partial charge in [-0.15, -0.1) is 0 Å². The first-order valence-electron chi connectivity index (χ1n) is 8.42. The Labute approximate surface area is 144 Å². The van der Waals surface area contributed by atoms with E-state index in [2.05, 4.69) is 53.1 Å². The van der Waals surface area contributed by atoms with Crippen LogP contribution in [0.5, 0.6) is 0 Å². The number of hydrogen-bond acceptors (Lipinski definition) is 5. The van der Waals surface area contributed by atoms with Crippen LogP contribution in [-0.4, -0.2) is 48.7 Å². The molecule has 3 heterocycles. The SMILES string of the molecule is Cc1ccc(CN2CCOC(c3cc(N(C)C)cc(C)n3)C2)cn1. The number of rotatable bonds is 4. The molecule has 2 aromatic heterocycles. The normalized spacial score (nSPS) is 18.6. The Balaban J connectivity index is 1.72. The van der Waals surface area contributed by atoms with Crippen LogP contribution in [0.25, 0.3) is 0 Å². The quantitative estimate of drug-likeness (QED) is 0.864. The van der Waals surface area contributed by atoms with Gasteiger partial charge in [0.05, 0.1) is 12.3 Å². The Hall–Kier alpha value is -1.98. The van der Waals surface area contributed by atoms with E-state index in [1.807, 2.05) is 20.0 Å². The molecule has 1 unspecified atom stereocenters. The first-order valence-corrected chi connectivity index (χ1v) is 8.42. The molecule has 1 atom stereocenters. The third kappa shape index (κ3) is 4.10. The van der Waals surface area contributed by atoms with E-state index in [9.17, 15) is 0 Å². The predicted molar refractivity (Wildman–Crippen MR) is 96.2 cm³/mol. The van der Waals surface area contributed by atoms with Crippen molar-refractivity contribution >= 4 is 5.69 Å². The first kappa shape index (κ1) is 16.9. The molecule has 3 rings (SSSR count). The fourth-order valence-electron chi connectivity index (χ4n) is 2.97. The molecule has 5 nitrogen and oxygen atoms in total. The smallest absolute Gasteiger partial charge is 0.112 e. The molecule has 0 amide bonds. The van der Waals surface area contributed by atoms with Crippen molar-refractivity contribution in [2.75, 3.05) is 38.7 Å². The van der Waals surface area contributed by atoms with Crippen molar-refractivity contribution in [1.29, 1.82) is 0 Å². The third-order valence-corrected chi connectivity index (χ3v) is 4.33. The second kappa shape index (κ2) is 7.28. The minimum absolute atomic E-state index is 0.0238. The molecule has 1 saturated heterocycles. The summed E-state index contributed by atoms with van der Waals surface area (Å²) in [6, 6.07) is 8.46. The topological polar surface area (TPSA) is 41.5 Å². The molecule has 2 aromatic rings. The molecular weight excluding hydrogens is 300 g/mol. The highest BCUT2D eigenvalue weighted by Crippen LogP contribution is 2.25. The lowest BCUT2D eigenvalue weighted by atomic mass is 10.1. The number of hydrogen-bond donors (Lipinski definition) is 0. The molecule has 0 aromatic carbocycles. The molecule has 1 aliphatic heterocycles. The van der Waals surface area contributed by atoms with Gasteiger partial charge in [0.15, 0.2) is 0 Å². The fraction of sp³-hybridized carbons (Fsp3) is 0.474. The summed E-state index contributed by atoms with van der Waals surface area (Å²) in [6.07, 6.45) is 1.99. The van der Waals surface area contributed by atoms with E-state index < -0.39 is 0 Å². The van der Waals surface area contributed by atoms with Crippen LogP contribution in [0.15, 0.2) is 30.5 Å². The van der Waals surface area contributed by atoms with Crippen LogP contribution in [0.2, 0.25) is 0 Å². The van der Waals surface area contributed by atoms with Gasteiger partial charge in [0.25, 0.3) is 0 Å². The molecule has 1 aliphatic rings. The molecule has 0 aliphatic carbocycles. The van der Waals surface area contributed by atoms with E-state index in [0.717, 1.165) is 43.3 Å². The van der Waals surface area contributed by atoms with E-state index in [1.54, 1.807) is 0 Å². The van der Waals surface area contributed by atoms with Gasteiger partial charge in [-0.3, -0.25) is 14.9 Å². The zero-order chi connectivity index (χ0) is 17.1. The van der Waals surface area contributed by atoms with E-state index in [0.29, 0.717) is 0 Å². The number of anilines is 1. The van der Waals surface area contributed by atoms with E-state index >= 15 is 0 Å². The minimum atomic E-state index is 0.0238. The number of morpholine rings is 1. The van der Waals surface area contributed by atoms with Crippen LogP contribution >= 0.6 is 0 Å². The Bertz CT molecular complexity index is 684. The number of nitrogens with zero attached hydrogens (tertiary/aromatic N) is 4. The highest BCUT2D eigenvalue weighted by atomic mass is 16.5. The van der Waals surface area contributed by atoms with E-state index in [4.69, 9.17) is 9.72 Å². The molecule has 1 fully saturated rings. The number of pyridine rings is 2. The molecule has 5 heteroatoms. The van der Waals surface area contributed by atoms with Crippen molar-refractivity contribution in [2.45, 2.75) is 26.5 Å². The van der Waals surface area contributed by atoms with Crippen molar-refractivity contribution in [1.82, 2.24) is 14.9 Å². The average Bonchev–Trinajstić information content (AvgIpc) is 2.57. The molecule has 0 radical (unpaired) electrons. The summed E-state index contributed by atoms with van der Waals surface area (Å²) in [5, 5.41) is 0. The average molecular weight is 326 g/mol. The summed E-state index contributed by atoms with van der Waals surface area (Å²) in [4.78, 5) is 13.6. The number of aromatic nitrogens is 2. The summed E-state index contributed by atoms with van der Waals surface area (Å²) >= 11 is 0. The van der Waals surface area contributed by atoms with E-state index in [1.165, 1.54) is 11.3 Å². The monoisotopic (exact) mass is 326 g/mol. The van der Waals surface area contributed by atoms with Crippen LogP contribution in [0, 0.1) is 13.8 Å². The Morgan fingerprint density at radius 1 is 1.21 bits per heavy atom. The van der Waals surface area contributed by atoms with Crippen molar-refractivity contribution in [3.05, 3.63) is 53.1 Å². The van der Waals surface area contributed by atoms with Gasteiger partial charge in [0.1, 0.15) is 6.10 Å². The summed E-state index contributed by atoms with van der Waals surface area (Å²) in [6.45, 7) is 7.49. The van der Waals surface area contributed by atoms with Crippen molar-refractivity contribution in [3.8, 4) is 0 Å². The molecule has 0 saturated carbocycles. The lowest BCUT2D eigenvalue weighted by Crippen LogP contribution is -2.38. The lowest BCUT2D eigenvalue weighted by Gasteiger charge is -2.33. The van der Waals surface area contributed by atoms with Crippen LogP contribution in [0.4, 0.5) is 5.69 Å². The van der Waals surface area contributed by atoms with Gasteiger partial charge in [-0.05, 0) is 37.6 Å². The van der Waals surface area contributed by atoms with Crippen molar-refractivity contribution in [3.63, 3.8) is 0 Å². The second-order valence-corrected chi connectivity index (χ2v) is 6.69. The molecular formula is C19H26N4O. The van der Waals surface area contributed by atoms with Crippen LogP contribution in [-0.2, 0) is 11.3 Å². The van der Waals surface area contributed by atoms with Crippen molar-refractivity contribution in [2.24, 2.45) is 0 Å². The standard InChI is InChI=1S/C19H26N4O/c1-14-5-6-16(11-20-14)12-23-7-8-24-19(13-23)18-10-17(22(3)4)9-15(2)21-18/h5-6,9-11,19H,7-8,12-13H2,1-4H3. The first-order chi connectivity index (χ1) is 11.5. The zero-order valence-corrected chi connectivity index (χ0v) is 15.0. The Morgan fingerprint density at radius 3 is 2.75 bits per heavy atom. The third-order valence-electron chi connectivity index (χ3n) is 4.33. The largest absolute Gasteiger partial charge is 0.378 e. The maximum absolute atomic E-state index is 6.00. The maximum Gasteiger partial charge on any atom is 0.112 e. The fourth-order valence-corrected chi connectivity index (χ4v) is 2.97. The Kier molecular flexibility index (Phi) is 5.11. The number of aryl methyl sites for hydroxylation is 2. The zero-order valence-electron chi connectivity index (χ0n) is 15.0. The summed E-state index contributed by atoms with van der Waals surface area (Å²) in [7, 11) is 4.11. The van der Waals surface area contributed by atoms with Gasteiger partial charge in [0, 0.05) is 57.0 Å². The molecule has 0 bridgehead atoms. The van der Waals surface area contributed by atoms with Gasteiger partial charge >= 0.3 is 0 Å². The van der Waals surface area contributed by atoms with Crippen LogP contribution in [0.1, 0.15) is 28.7 Å². The highest BCUT2D eigenvalue weighted by molar-refractivity contribution is 5.47. The summed E-state index contributed by atoms with van der Waals surface area (Å²) in [5.41, 5.74) is 5.51. The molecule has 0 spiro atoms. The van der Waals surface area contributed by atoms with Crippen molar-refractivity contribution < 1.29 is 4.74 Å². The minimum Gasteiger partial charge on any atom is -0.378 e. The number of ether oxygens (including phenoxy) is 1. The van der Waals surface area contributed by atoms with Gasteiger partial charge in [0.2, 0.25) is 0 Å². The molecule has 128 valence electrons. The van der Waals surface area contributed by atoms with Crippen LogP contribution < -0.4 is 4.90 Å². The predicted octanol–water partition coefficient (Wildman–Crippen LogP) is 2.73. The van der Waals surface area contributed by atoms with Gasteiger partial charge in [-0.1, -0.05) is 6.07 Å². The van der Waals surface area contributed by atoms with E-state index in [-0.39, 0.29) is 6.10 Å². The van der Waals surface area contributed by atoms with Gasteiger partial charge in [-0.2, -0.15) is 0 Å². The Morgan fingerprint density at radius 2 is 2.04 bits per heavy atom.